The van der Waals surface area contributed by atoms with Crippen LogP contribution in [0, 0.1) is 26.7 Å². The van der Waals surface area contributed by atoms with Gasteiger partial charge in [0.1, 0.15) is 5.92 Å². The molecule has 1 saturated heterocycles. The van der Waals surface area contributed by atoms with Gasteiger partial charge < -0.3 is 20.1 Å². The molecule has 5 rings (SSSR count). The second-order valence-electron chi connectivity index (χ2n) is 9.42. The predicted octanol–water partition coefficient (Wildman–Crippen LogP) is 5.25. The number of fused-ring (bicyclic) bond motifs is 4. The Hall–Kier alpha value is -4.00. The molecule has 2 bridgehead atoms. The summed E-state index contributed by atoms with van der Waals surface area (Å²) in [6, 6.07) is 18.1. The summed E-state index contributed by atoms with van der Waals surface area (Å²) in [4.78, 5) is 28.9. The van der Waals surface area contributed by atoms with Gasteiger partial charge in [0.15, 0.2) is 11.5 Å². The zero-order valence-electron chi connectivity index (χ0n) is 20.5. The maximum absolute atomic E-state index is 13.9. The summed E-state index contributed by atoms with van der Waals surface area (Å²) in [5, 5.41) is 6.16. The number of nitrogens with one attached hydrogen (secondary N) is 2. The van der Waals surface area contributed by atoms with Crippen LogP contribution in [0.1, 0.15) is 35.2 Å². The first-order chi connectivity index (χ1) is 16.7. The van der Waals surface area contributed by atoms with E-state index in [9.17, 15) is 9.59 Å². The van der Waals surface area contributed by atoms with Gasteiger partial charge in [-0.05, 0) is 57.5 Å². The first-order valence-corrected chi connectivity index (χ1v) is 11.6. The summed E-state index contributed by atoms with van der Waals surface area (Å²) in [5.74, 6) is 0.0824. The molecule has 2 aliphatic heterocycles. The van der Waals surface area contributed by atoms with Crippen molar-refractivity contribution in [2.45, 2.75) is 39.5 Å². The summed E-state index contributed by atoms with van der Waals surface area (Å²) < 4.78 is 12.1. The Labute approximate surface area is 205 Å². The maximum atomic E-state index is 13.9. The lowest BCUT2D eigenvalue weighted by Crippen LogP contribution is -2.72. The van der Waals surface area contributed by atoms with Crippen molar-refractivity contribution < 1.29 is 19.1 Å². The standard InChI is InChI=1S/C28H29N3O4/c1-16-9-12-19(13-10-16)31-27(33)30-24-20-7-6-8-22(34-5)25(20)35-28(31,4)23(24)26(32)29-21-14-11-17(2)15-18(21)3/h6-15,23-24H,1-5H3,(H,29,32)(H,30,33)/t23-,24+,28+/m1/s1. The van der Waals surface area contributed by atoms with Crippen molar-refractivity contribution >= 4 is 23.3 Å². The van der Waals surface area contributed by atoms with Crippen molar-refractivity contribution in [1.82, 2.24) is 5.32 Å². The number of hydrogen-bond acceptors (Lipinski definition) is 4. The second kappa shape index (κ2) is 8.34. The second-order valence-corrected chi connectivity index (χ2v) is 9.42. The third-order valence-electron chi connectivity index (χ3n) is 6.92. The van der Waals surface area contributed by atoms with E-state index in [1.165, 1.54) is 4.90 Å². The van der Waals surface area contributed by atoms with Crippen molar-refractivity contribution in [2.24, 2.45) is 5.92 Å². The molecule has 3 atom stereocenters. The zero-order valence-corrected chi connectivity index (χ0v) is 20.5. The Bertz CT molecular complexity index is 1320. The van der Waals surface area contributed by atoms with Crippen LogP contribution in [0.3, 0.4) is 0 Å². The topological polar surface area (TPSA) is 79.9 Å². The van der Waals surface area contributed by atoms with E-state index in [1.54, 1.807) is 14.0 Å². The molecular weight excluding hydrogens is 442 g/mol. The number of hydrogen-bond donors (Lipinski definition) is 2. The molecule has 7 heteroatoms. The molecule has 3 aromatic rings. The minimum absolute atomic E-state index is 0.241. The molecule has 2 N–H and O–H groups in total. The number of carbonyl (C=O) groups is 2. The number of anilines is 2. The van der Waals surface area contributed by atoms with Crippen LogP contribution in [0.5, 0.6) is 11.5 Å². The number of aryl methyl sites for hydroxylation is 3. The van der Waals surface area contributed by atoms with Crippen molar-refractivity contribution in [3.8, 4) is 11.5 Å². The third kappa shape index (κ3) is 3.67. The van der Waals surface area contributed by atoms with Gasteiger partial charge in [-0.2, -0.15) is 0 Å². The number of benzene rings is 3. The van der Waals surface area contributed by atoms with E-state index in [-0.39, 0.29) is 11.9 Å². The Morgan fingerprint density at radius 2 is 1.77 bits per heavy atom. The van der Waals surface area contributed by atoms with Gasteiger partial charge in [0.05, 0.1) is 13.2 Å². The van der Waals surface area contributed by atoms with Gasteiger partial charge in [0, 0.05) is 16.9 Å². The summed E-state index contributed by atoms with van der Waals surface area (Å²) >= 11 is 0. The van der Waals surface area contributed by atoms with Crippen molar-refractivity contribution in [3.63, 3.8) is 0 Å². The highest BCUT2D eigenvalue weighted by molar-refractivity contribution is 6.01. The molecule has 0 radical (unpaired) electrons. The number of urea groups is 1. The van der Waals surface area contributed by atoms with Gasteiger partial charge >= 0.3 is 6.03 Å². The summed E-state index contributed by atoms with van der Waals surface area (Å²) in [6.07, 6.45) is 0. The lowest BCUT2D eigenvalue weighted by Gasteiger charge is -2.54. The van der Waals surface area contributed by atoms with Gasteiger partial charge in [-0.15, -0.1) is 0 Å². The predicted molar refractivity (Wildman–Crippen MR) is 135 cm³/mol. The number of rotatable bonds is 4. The van der Waals surface area contributed by atoms with Crippen LogP contribution >= 0.6 is 0 Å². The van der Waals surface area contributed by atoms with Crippen molar-refractivity contribution in [3.05, 3.63) is 82.9 Å². The number of amides is 3. The van der Waals surface area contributed by atoms with E-state index in [4.69, 9.17) is 9.47 Å². The quantitative estimate of drug-likeness (QED) is 0.544. The summed E-state index contributed by atoms with van der Waals surface area (Å²) in [7, 11) is 1.58. The Morgan fingerprint density at radius 3 is 2.46 bits per heavy atom. The van der Waals surface area contributed by atoms with E-state index in [0.717, 1.165) is 22.4 Å². The average molecular weight is 472 g/mol. The van der Waals surface area contributed by atoms with Crippen LogP contribution in [0.2, 0.25) is 0 Å². The number of ether oxygens (including phenoxy) is 2. The molecule has 0 spiro atoms. The fraction of sp³-hybridized carbons (Fsp3) is 0.286. The van der Waals surface area contributed by atoms with Gasteiger partial charge in [-0.1, -0.05) is 47.5 Å². The molecule has 3 amide bonds. The van der Waals surface area contributed by atoms with Crippen LogP contribution in [0.15, 0.2) is 60.7 Å². The number of methoxy groups -OCH3 is 1. The number of para-hydroxylation sites is 1. The first kappa shape index (κ1) is 22.8. The molecule has 2 heterocycles. The molecule has 0 aromatic heterocycles. The molecule has 1 fully saturated rings. The van der Waals surface area contributed by atoms with Gasteiger partial charge in [-0.25, -0.2) is 4.79 Å². The van der Waals surface area contributed by atoms with Crippen LogP contribution < -0.4 is 25.0 Å². The van der Waals surface area contributed by atoms with Crippen molar-refractivity contribution in [1.29, 1.82) is 0 Å². The van der Waals surface area contributed by atoms with Crippen LogP contribution in [0.4, 0.5) is 16.2 Å². The highest BCUT2D eigenvalue weighted by atomic mass is 16.5. The number of nitrogens with zero attached hydrogens (tertiary/aromatic N) is 1. The minimum atomic E-state index is -1.31. The minimum Gasteiger partial charge on any atom is -0.493 e. The van der Waals surface area contributed by atoms with Gasteiger partial charge in [-0.3, -0.25) is 9.69 Å². The lowest BCUT2D eigenvalue weighted by atomic mass is 9.78. The SMILES string of the molecule is COc1cccc2c1O[C@@]1(C)[C@@H](C(=O)Nc3ccc(C)cc3C)[C@H]2NC(=O)N1c1ccc(C)cc1. The van der Waals surface area contributed by atoms with Crippen molar-refractivity contribution in [2.75, 3.05) is 17.3 Å². The summed E-state index contributed by atoms with van der Waals surface area (Å²) in [6.45, 7) is 7.75. The first-order valence-electron chi connectivity index (χ1n) is 11.6. The Kier molecular flexibility index (Phi) is 5.43. The molecule has 2 aliphatic rings. The molecule has 0 saturated carbocycles. The van der Waals surface area contributed by atoms with Crippen LogP contribution in [-0.4, -0.2) is 24.8 Å². The Morgan fingerprint density at radius 1 is 1.06 bits per heavy atom. The van der Waals surface area contributed by atoms with E-state index in [1.807, 2.05) is 81.4 Å². The highest BCUT2D eigenvalue weighted by Gasteiger charge is 2.60. The van der Waals surface area contributed by atoms with E-state index < -0.39 is 17.7 Å². The molecule has 35 heavy (non-hydrogen) atoms. The normalized spacial score (nSPS) is 22.5. The maximum Gasteiger partial charge on any atom is 0.325 e. The summed E-state index contributed by atoms with van der Waals surface area (Å²) in [5.41, 5.74) is 3.90. The molecule has 7 nitrogen and oxygen atoms in total. The van der Waals surface area contributed by atoms with E-state index in [0.29, 0.717) is 22.7 Å². The third-order valence-corrected chi connectivity index (χ3v) is 6.92. The van der Waals surface area contributed by atoms with Crippen LogP contribution in [-0.2, 0) is 4.79 Å². The van der Waals surface area contributed by atoms with Gasteiger partial charge in [0.25, 0.3) is 0 Å². The fourth-order valence-electron chi connectivity index (χ4n) is 5.18. The number of carbonyl (C=O) groups excluding carboxylic acids is 2. The largest absolute Gasteiger partial charge is 0.493 e. The van der Waals surface area contributed by atoms with E-state index in [2.05, 4.69) is 10.6 Å². The molecule has 3 aromatic carbocycles. The zero-order chi connectivity index (χ0) is 24.9. The fourth-order valence-corrected chi connectivity index (χ4v) is 5.18. The molecule has 0 aliphatic carbocycles. The molecular formula is C28H29N3O4. The lowest BCUT2D eigenvalue weighted by molar-refractivity contribution is -0.131. The Balaban J connectivity index is 1.64. The van der Waals surface area contributed by atoms with Crippen LogP contribution in [0.25, 0.3) is 0 Å². The monoisotopic (exact) mass is 471 g/mol. The van der Waals surface area contributed by atoms with E-state index >= 15 is 0 Å². The van der Waals surface area contributed by atoms with Gasteiger partial charge in [0.2, 0.25) is 11.6 Å². The molecule has 180 valence electrons. The highest BCUT2D eigenvalue weighted by Crippen LogP contribution is 2.52. The average Bonchev–Trinajstić information content (AvgIpc) is 2.81. The molecule has 0 unspecified atom stereocenters. The smallest absolute Gasteiger partial charge is 0.325 e.